The summed E-state index contributed by atoms with van der Waals surface area (Å²) < 4.78 is 0. The van der Waals surface area contributed by atoms with Crippen molar-refractivity contribution in [3.63, 3.8) is 0 Å². The molecule has 0 amide bonds. The van der Waals surface area contributed by atoms with Gasteiger partial charge in [0.1, 0.15) is 0 Å². The lowest BCUT2D eigenvalue weighted by Gasteiger charge is -2.35. The molecule has 1 atom stereocenters. The van der Waals surface area contributed by atoms with E-state index >= 15 is 0 Å². The second kappa shape index (κ2) is 4.99. The van der Waals surface area contributed by atoms with Crippen LogP contribution in [0.25, 0.3) is 0 Å². The van der Waals surface area contributed by atoms with E-state index in [-0.39, 0.29) is 0 Å². The van der Waals surface area contributed by atoms with Crippen LogP contribution in [-0.2, 0) is 0 Å². The predicted molar refractivity (Wildman–Crippen MR) is 58.6 cm³/mol. The van der Waals surface area contributed by atoms with Gasteiger partial charge in [-0.25, -0.2) is 0 Å². The molecule has 0 aliphatic heterocycles. The summed E-state index contributed by atoms with van der Waals surface area (Å²) in [6, 6.07) is 0. The molecule has 1 aliphatic rings. The predicted octanol–water partition coefficient (Wildman–Crippen LogP) is 3.33. The zero-order chi connectivity index (χ0) is 9.73. The van der Waals surface area contributed by atoms with Gasteiger partial charge in [-0.2, -0.15) is 0 Å². The fraction of sp³-hybridized carbons (Fsp3) is 1.00. The highest BCUT2D eigenvalue weighted by Crippen LogP contribution is 2.39. The summed E-state index contributed by atoms with van der Waals surface area (Å²) in [6.45, 7) is 5.54. The highest BCUT2D eigenvalue weighted by molar-refractivity contribution is 4.83. The van der Waals surface area contributed by atoms with Crippen molar-refractivity contribution < 1.29 is 0 Å². The van der Waals surface area contributed by atoms with E-state index in [9.17, 15) is 0 Å². The van der Waals surface area contributed by atoms with Crippen LogP contribution in [0.4, 0.5) is 0 Å². The molecule has 1 nitrogen and oxygen atoms in total. The van der Waals surface area contributed by atoms with Crippen LogP contribution in [0.15, 0.2) is 0 Å². The van der Waals surface area contributed by atoms with E-state index in [1.807, 2.05) is 0 Å². The molecule has 0 heterocycles. The van der Waals surface area contributed by atoms with Crippen molar-refractivity contribution >= 4 is 0 Å². The number of hydrogen-bond acceptors (Lipinski definition) is 1. The van der Waals surface area contributed by atoms with Crippen LogP contribution in [0.3, 0.4) is 0 Å². The van der Waals surface area contributed by atoms with Gasteiger partial charge in [-0.3, -0.25) is 0 Å². The molecule has 1 fully saturated rings. The van der Waals surface area contributed by atoms with Gasteiger partial charge in [0, 0.05) is 0 Å². The molecule has 78 valence electrons. The van der Waals surface area contributed by atoms with Crippen LogP contribution in [0.2, 0.25) is 0 Å². The molecule has 0 spiro atoms. The molecule has 0 bridgehead atoms. The maximum Gasteiger partial charge on any atom is -0.00206 e. The Morgan fingerprint density at radius 2 is 1.69 bits per heavy atom. The van der Waals surface area contributed by atoms with Crippen LogP contribution in [0.1, 0.15) is 58.8 Å². The van der Waals surface area contributed by atoms with E-state index in [1.165, 1.54) is 44.9 Å². The van der Waals surface area contributed by atoms with Crippen molar-refractivity contribution in [3.05, 3.63) is 0 Å². The molecule has 1 saturated carbocycles. The number of hydrogen-bond donors (Lipinski definition) is 1. The summed E-state index contributed by atoms with van der Waals surface area (Å²) in [6.07, 6.45) is 9.83. The summed E-state index contributed by atoms with van der Waals surface area (Å²) in [5, 5.41) is 0. The fourth-order valence-electron chi connectivity index (χ4n) is 2.58. The lowest BCUT2D eigenvalue weighted by atomic mass is 9.71. The molecule has 2 N–H and O–H groups in total. The summed E-state index contributed by atoms with van der Waals surface area (Å²) in [4.78, 5) is 0. The van der Waals surface area contributed by atoms with Gasteiger partial charge in [0.15, 0.2) is 0 Å². The third kappa shape index (κ3) is 2.70. The minimum Gasteiger partial charge on any atom is -0.330 e. The smallest absolute Gasteiger partial charge is 0.00206 e. The van der Waals surface area contributed by atoms with E-state index in [1.54, 1.807) is 0 Å². The Kier molecular flexibility index (Phi) is 4.24. The van der Waals surface area contributed by atoms with Gasteiger partial charge >= 0.3 is 0 Å². The van der Waals surface area contributed by atoms with Gasteiger partial charge in [-0.1, -0.05) is 39.5 Å². The highest BCUT2D eigenvalue weighted by atomic mass is 14.6. The Hall–Kier alpha value is -0.0400. The third-order valence-corrected chi connectivity index (χ3v) is 4.11. The lowest BCUT2D eigenvalue weighted by Crippen LogP contribution is -2.34. The maximum absolute atomic E-state index is 5.90. The van der Waals surface area contributed by atoms with E-state index in [4.69, 9.17) is 5.73 Å². The molecule has 1 heteroatoms. The molecule has 0 aromatic rings. The SMILES string of the molecule is CCC(C)(CN)C1CCCCCC1. The van der Waals surface area contributed by atoms with Gasteiger partial charge in [0.25, 0.3) is 0 Å². The van der Waals surface area contributed by atoms with Crippen molar-refractivity contribution in [1.82, 2.24) is 0 Å². The van der Waals surface area contributed by atoms with Crippen molar-refractivity contribution in [1.29, 1.82) is 0 Å². The molecule has 13 heavy (non-hydrogen) atoms. The molecular formula is C12H25N. The summed E-state index contributed by atoms with van der Waals surface area (Å²) >= 11 is 0. The maximum atomic E-state index is 5.90. The zero-order valence-electron chi connectivity index (χ0n) is 9.31. The normalized spacial score (nSPS) is 25.2. The Balaban J connectivity index is 2.55. The second-order valence-corrected chi connectivity index (χ2v) is 4.90. The minimum absolute atomic E-state index is 0.421. The molecule has 1 aliphatic carbocycles. The van der Waals surface area contributed by atoms with Crippen LogP contribution in [0.5, 0.6) is 0 Å². The van der Waals surface area contributed by atoms with Gasteiger partial charge in [-0.05, 0) is 37.1 Å². The van der Waals surface area contributed by atoms with Gasteiger partial charge in [-0.15, -0.1) is 0 Å². The first-order valence-electron chi connectivity index (χ1n) is 5.93. The first kappa shape index (κ1) is 11.0. The van der Waals surface area contributed by atoms with Crippen LogP contribution in [-0.4, -0.2) is 6.54 Å². The van der Waals surface area contributed by atoms with Gasteiger partial charge < -0.3 is 5.73 Å². The monoisotopic (exact) mass is 183 g/mol. The highest BCUT2D eigenvalue weighted by Gasteiger charge is 2.30. The van der Waals surface area contributed by atoms with Gasteiger partial charge in [0.2, 0.25) is 0 Å². The summed E-state index contributed by atoms with van der Waals surface area (Å²) in [7, 11) is 0. The molecule has 0 radical (unpaired) electrons. The largest absolute Gasteiger partial charge is 0.330 e. The van der Waals surface area contributed by atoms with Crippen molar-refractivity contribution in [2.24, 2.45) is 17.1 Å². The zero-order valence-corrected chi connectivity index (χ0v) is 9.31. The van der Waals surface area contributed by atoms with Crippen molar-refractivity contribution in [3.8, 4) is 0 Å². The van der Waals surface area contributed by atoms with Crippen LogP contribution >= 0.6 is 0 Å². The molecule has 0 aromatic carbocycles. The van der Waals surface area contributed by atoms with Gasteiger partial charge in [0.05, 0.1) is 0 Å². The Bertz CT molecular complexity index is 130. The Morgan fingerprint density at radius 1 is 1.15 bits per heavy atom. The average Bonchev–Trinajstić information content (AvgIpc) is 2.45. The standard InChI is InChI=1S/C12H25N/c1-3-12(2,10-13)11-8-6-4-5-7-9-11/h11H,3-10,13H2,1-2H3. The first-order valence-corrected chi connectivity index (χ1v) is 5.93. The molecule has 0 aromatic heterocycles. The molecular weight excluding hydrogens is 158 g/mol. The average molecular weight is 183 g/mol. The third-order valence-electron chi connectivity index (χ3n) is 4.11. The molecule has 0 saturated heterocycles. The fourth-order valence-corrected chi connectivity index (χ4v) is 2.58. The van der Waals surface area contributed by atoms with Crippen molar-refractivity contribution in [2.75, 3.05) is 6.54 Å². The van der Waals surface area contributed by atoms with Crippen LogP contribution < -0.4 is 5.73 Å². The Morgan fingerprint density at radius 3 is 2.08 bits per heavy atom. The Labute approximate surface area is 83.1 Å². The van der Waals surface area contributed by atoms with E-state index in [0.29, 0.717) is 5.41 Å². The number of rotatable bonds is 3. The molecule has 1 unspecified atom stereocenters. The van der Waals surface area contributed by atoms with Crippen LogP contribution in [0, 0.1) is 11.3 Å². The van der Waals surface area contributed by atoms with Crippen molar-refractivity contribution in [2.45, 2.75) is 58.8 Å². The first-order chi connectivity index (χ1) is 6.23. The topological polar surface area (TPSA) is 26.0 Å². The molecule has 1 rings (SSSR count). The van der Waals surface area contributed by atoms with E-state index in [0.717, 1.165) is 12.5 Å². The van der Waals surface area contributed by atoms with E-state index < -0.39 is 0 Å². The quantitative estimate of drug-likeness (QED) is 0.667. The van der Waals surface area contributed by atoms with E-state index in [2.05, 4.69) is 13.8 Å². The summed E-state index contributed by atoms with van der Waals surface area (Å²) in [5.74, 6) is 0.894. The minimum atomic E-state index is 0.421. The second-order valence-electron chi connectivity index (χ2n) is 4.90. The lowest BCUT2D eigenvalue weighted by molar-refractivity contribution is 0.166. The summed E-state index contributed by atoms with van der Waals surface area (Å²) in [5.41, 5.74) is 6.32. The number of nitrogens with two attached hydrogens (primary N) is 1.